The van der Waals surface area contributed by atoms with Gasteiger partial charge in [-0.3, -0.25) is 0 Å². The van der Waals surface area contributed by atoms with Crippen LogP contribution in [0.1, 0.15) is 0 Å². The first kappa shape index (κ1) is 6.78. The van der Waals surface area contributed by atoms with Crippen LogP contribution in [0.15, 0.2) is 11.6 Å². The van der Waals surface area contributed by atoms with E-state index in [1.165, 1.54) is 5.57 Å². The van der Waals surface area contributed by atoms with E-state index in [9.17, 15) is 0 Å². The molecule has 1 aliphatic rings. The first-order chi connectivity index (χ1) is 3.80. The van der Waals surface area contributed by atoms with Crippen molar-refractivity contribution < 1.29 is 0 Å². The van der Waals surface area contributed by atoms with Gasteiger partial charge in [0.1, 0.15) is 0 Å². The van der Waals surface area contributed by atoms with E-state index in [0.717, 1.165) is 13.1 Å². The average molecular weight is 241 g/mol. The summed E-state index contributed by atoms with van der Waals surface area (Å²) in [6.45, 7) is 2.03. The zero-order chi connectivity index (χ0) is 5.98. The summed E-state index contributed by atoms with van der Waals surface area (Å²) in [5.41, 5.74) is 1.39. The highest BCUT2D eigenvalue weighted by atomic mass is 79.9. The molecule has 1 aliphatic heterocycles. The molecule has 0 amide bonds. The summed E-state index contributed by atoms with van der Waals surface area (Å²) in [6, 6.07) is 0. The smallest absolute Gasteiger partial charge is 0.0919 e. The third-order valence-corrected chi connectivity index (χ3v) is 2.29. The van der Waals surface area contributed by atoms with Crippen LogP contribution in [0.3, 0.4) is 0 Å². The lowest BCUT2D eigenvalue weighted by atomic mass is 10.3. The predicted octanol–water partition coefficient (Wildman–Crippen LogP) is 1.63. The lowest BCUT2D eigenvalue weighted by Crippen LogP contribution is -2.09. The van der Waals surface area contributed by atoms with Gasteiger partial charge in [0, 0.05) is 13.1 Å². The lowest BCUT2D eigenvalue weighted by Gasteiger charge is -1.98. The third-order valence-electron chi connectivity index (χ3n) is 1.12. The van der Waals surface area contributed by atoms with Crippen molar-refractivity contribution in [3.63, 3.8) is 0 Å². The summed E-state index contributed by atoms with van der Waals surface area (Å²) < 4.78 is 0.366. The Kier molecular flexibility index (Phi) is 2.53. The maximum Gasteiger partial charge on any atom is 0.0919 e. The fraction of sp³-hybridized carbons (Fsp3) is 0.600. The Bertz CT molecular complexity index is 109. The van der Waals surface area contributed by atoms with Gasteiger partial charge in [-0.25, -0.2) is 0 Å². The minimum atomic E-state index is 0.366. The average Bonchev–Trinajstić information content (AvgIpc) is 2.12. The van der Waals surface area contributed by atoms with Crippen molar-refractivity contribution in [3.8, 4) is 0 Å². The van der Waals surface area contributed by atoms with Crippen molar-refractivity contribution in [2.75, 3.05) is 13.1 Å². The minimum absolute atomic E-state index is 0.366. The van der Waals surface area contributed by atoms with Crippen molar-refractivity contribution in [2.45, 2.75) is 3.74 Å². The molecule has 1 rings (SSSR count). The first-order valence-electron chi connectivity index (χ1n) is 2.48. The Hall–Kier alpha value is 0.660. The van der Waals surface area contributed by atoms with Crippen molar-refractivity contribution in [1.82, 2.24) is 5.32 Å². The van der Waals surface area contributed by atoms with E-state index in [2.05, 4.69) is 43.3 Å². The summed E-state index contributed by atoms with van der Waals surface area (Å²) in [5, 5.41) is 3.20. The van der Waals surface area contributed by atoms with Crippen LogP contribution >= 0.6 is 31.9 Å². The molecule has 8 heavy (non-hydrogen) atoms. The van der Waals surface area contributed by atoms with Crippen LogP contribution in [0.4, 0.5) is 0 Å². The SMILES string of the molecule is BrC(Br)C1=CCNC1. The normalized spacial score (nSPS) is 19.6. The van der Waals surface area contributed by atoms with E-state index in [-0.39, 0.29) is 0 Å². The molecule has 0 unspecified atom stereocenters. The number of hydrogen-bond acceptors (Lipinski definition) is 1. The van der Waals surface area contributed by atoms with Gasteiger partial charge in [-0.15, -0.1) is 0 Å². The Morgan fingerprint density at radius 3 is 2.62 bits per heavy atom. The van der Waals surface area contributed by atoms with E-state index in [4.69, 9.17) is 0 Å². The summed E-state index contributed by atoms with van der Waals surface area (Å²) in [5.74, 6) is 0. The summed E-state index contributed by atoms with van der Waals surface area (Å²) in [4.78, 5) is 0. The minimum Gasteiger partial charge on any atom is -0.309 e. The lowest BCUT2D eigenvalue weighted by molar-refractivity contribution is 0.875. The Morgan fingerprint density at radius 2 is 2.38 bits per heavy atom. The molecule has 0 aliphatic carbocycles. The molecular weight excluding hydrogens is 234 g/mol. The molecule has 46 valence electrons. The fourth-order valence-corrected chi connectivity index (χ4v) is 1.36. The molecular formula is C5H7Br2N. The van der Waals surface area contributed by atoms with Gasteiger partial charge in [-0.2, -0.15) is 0 Å². The first-order valence-corrected chi connectivity index (χ1v) is 4.31. The molecule has 0 saturated carbocycles. The van der Waals surface area contributed by atoms with Crippen LogP contribution in [0.5, 0.6) is 0 Å². The van der Waals surface area contributed by atoms with Gasteiger partial charge in [-0.05, 0) is 5.57 Å². The predicted molar refractivity (Wildman–Crippen MR) is 42.6 cm³/mol. The molecule has 0 bridgehead atoms. The Labute approximate surface area is 65.8 Å². The van der Waals surface area contributed by atoms with Gasteiger partial charge in [-0.1, -0.05) is 37.9 Å². The quantitative estimate of drug-likeness (QED) is 0.543. The highest BCUT2D eigenvalue weighted by Crippen LogP contribution is 2.19. The fourth-order valence-electron chi connectivity index (χ4n) is 0.658. The highest BCUT2D eigenvalue weighted by Gasteiger charge is 2.08. The topological polar surface area (TPSA) is 12.0 Å². The second-order valence-corrected chi connectivity index (χ2v) is 4.77. The van der Waals surface area contributed by atoms with Crippen LogP contribution in [0, 0.1) is 0 Å². The standard InChI is InChI=1S/C5H7Br2N/c6-5(7)4-1-2-8-3-4/h1,5,8H,2-3H2. The molecule has 0 aromatic heterocycles. The molecule has 0 aromatic carbocycles. The molecule has 0 radical (unpaired) electrons. The largest absolute Gasteiger partial charge is 0.309 e. The van der Waals surface area contributed by atoms with E-state index in [1.54, 1.807) is 0 Å². The van der Waals surface area contributed by atoms with Crippen molar-refractivity contribution >= 4 is 31.9 Å². The highest BCUT2D eigenvalue weighted by molar-refractivity contribution is 9.24. The Balaban J connectivity index is 2.45. The van der Waals surface area contributed by atoms with E-state index < -0.39 is 0 Å². The second kappa shape index (κ2) is 2.99. The Morgan fingerprint density at radius 1 is 1.62 bits per heavy atom. The zero-order valence-electron chi connectivity index (χ0n) is 4.32. The monoisotopic (exact) mass is 239 g/mol. The van der Waals surface area contributed by atoms with Crippen molar-refractivity contribution in [3.05, 3.63) is 11.6 Å². The van der Waals surface area contributed by atoms with Gasteiger partial charge in [0.15, 0.2) is 0 Å². The van der Waals surface area contributed by atoms with Gasteiger partial charge in [0.2, 0.25) is 0 Å². The van der Waals surface area contributed by atoms with Gasteiger partial charge in [0.25, 0.3) is 0 Å². The molecule has 1 N–H and O–H groups in total. The number of rotatable bonds is 1. The van der Waals surface area contributed by atoms with Crippen molar-refractivity contribution in [2.24, 2.45) is 0 Å². The summed E-state index contributed by atoms with van der Waals surface area (Å²) in [7, 11) is 0. The molecule has 0 saturated heterocycles. The second-order valence-electron chi connectivity index (χ2n) is 1.71. The van der Waals surface area contributed by atoms with Crippen LogP contribution < -0.4 is 5.32 Å². The number of halogens is 2. The molecule has 1 heterocycles. The summed E-state index contributed by atoms with van der Waals surface area (Å²) in [6.07, 6.45) is 2.19. The summed E-state index contributed by atoms with van der Waals surface area (Å²) >= 11 is 6.82. The maximum absolute atomic E-state index is 3.41. The van der Waals surface area contributed by atoms with Gasteiger partial charge >= 0.3 is 0 Å². The van der Waals surface area contributed by atoms with Crippen LogP contribution in [-0.4, -0.2) is 16.8 Å². The number of hydrogen-bond donors (Lipinski definition) is 1. The number of nitrogens with one attached hydrogen (secondary N) is 1. The van der Waals surface area contributed by atoms with Gasteiger partial charge in [0.05, 0.1) is 3.74 Å². The van der Waals surface area contributed by atoms with E-state index in [0.29, 0.717) is 3.74 Å². The zero-order valence-corrected chi connectivity index (χ0v) is 7.50. The van der Waals surface area contributed by atoms with Crippen LogP contribution in [-0.2, 0) is 0 Å². The molecule has 0 fully saturated rings. The molecule has 0 spiro atoms. The maximum atomic E-state index is 3.41. The number of alkyl halides is 2. The van der Waals surface area contributed by atoms with E-state index >= 15 is 0 Å². The van der Waals surface area contributed by atoms with Gasteiger partial charge < -0.3 is 5.32 Å². The van der Waals surface area contributed by atoms with Crippen LogP contribution in [0.25, 0.3) is 0 Å². The third kappa shape index (κ3) is 1.57. The molecule has 0 aromatic rings. The van der Waals surface area contributed by atoms with Crippen LogP contribution in [0.2, 0.25) is 0 Å². The molecule has 1 nitrogen and oxygen atoms in total. The van der Waals surface area contributed by atoms with Crippen molar-refractivity contribution in [1.29, 1.82) is 0 Å². The molecule has 0 atom stereocenters. The van der Waals surface area contributed by atoms with E-state index in [1.807, 2.05) is 0 Å². The molecule has 3 heteroatoms.